The second-order valence-corrected chi connectivity index (χ2v) is 8.66. The van der Waals surface area contributed by atoms with Crippen LogP contribution < -0.4 is 26.4 Å². The van der Waals surface area contributed by atoms with Crippen LogP contribution in [0.3, 0.4) is 0 Å². The number of rotatable bonds is 4. The van der Waals surface area contributed by atoms with Crippen LogP contribution in [0.2, 0.25) is 0 Å². The quantitative estimate of drug-likeness (QED) is 0.431. The van der Waals surface area contributed by atoms with Crippen LogP contribution in [0.15, 0.2) is 24.5 Å². The number of anilines is 3. The zero-order chi connectivity index (χ0) is 23.8. The van der Waals surface area contributed by atoms with Crippen LogP contribution in [-0.2, 0) is 4.74 Å². The minimum absolute atomic E-state index is 0.00565. The Labute approximate surface area is 196 Å². The zero-order valence-electron chi connectivity index (χ0n) is 19.1. The highest BCUT2D eigenvalue weighted by Crippen LogP contribution is 2.39. The van der Waals surface area contributed by atoms with E-state index in [4.69, 9.17) is 15.2 Å². The van der Waals surface area contributed by atoms with Gasteiger partial charge in [0.25, 0.3) is 0 Å². The number of nitrogens with one attached hydrogen (secondary N) is 3. The van der Waals surface area contributed by atoms with Gasteiger partial charge >= 0.3 is 6.03 Å². The highest BCUT2D eigenvalue weighted by Gasteiger charge is 2.26. The molecule has 0 bridgehead atoms. The molecule has 178 valence electrons. The van der Waals surface area contributed by atoms with Crippen LogP contribution in [0.5, 0.6) is 5.88 Å². The lowest BCUT2D eigenvalue weighted by Gasteiger charge is -2.22. The van der Waals surface area contributed by atoms with Gasteiger partial charge < -0.3 is 25.8 Å². The first-order valence-electron chi connectivity index (χ1n) is 11.3. The molecular formula is C24H27FN6O3. The van der Waals surface area contributed by atoms with E-state index in [1.807, 2.05) is 6.92 Å². The fraction of sp³-hybridized carbons (Fsp3) is 0.375. The predicted octanol–water partition coefficient (Wildman–Crippen LogP) is 3.82. The minimum Gasteiger partial charge on any atom is -0.474 e. The van der Waals surface area contributed by atoms with Crippen molar-refractivity contribution in [3.05, 3.63) is 35.9 Å². The number of nitrogens with two attached hydrogens (primary N) is 1. The van der Waals surface area contributed by atoms with Crippen molar-refractivity contribution in [2.24, 2.45) is 0 Å². The maximum absolute atomic E-state index is 15.3. The largest absolute Gasteiger partial charge is 0.474 e. The number of nitrogens with zero attached hydrogens (tertiary/aromatic N) is 2. The maximum atomic E-state index is 15.3. The standard InChI is InChI=1S/C24H27FN6O3/c1-12-17(10-29-23-22(12)27-5-6-34-23)16-7-13-8-19(28-11-18(13)21(26)20(16)25)31-24(32)30-14-3-4-15(9-14)33-2/h7-8,10-11,14-15,27H,3-6,9,26H2,1-2H3,(H2,28,30,31,32)/t14?,15-/m1/s1. The Morgan fingerprint density at radius 2 is 2.12 bits per heavy atom. The van der Waals surface area contributed by atoms with Crippen LogP contribution in [0.4, 0.5) is 26.4 Å². The number of nitrogen functional groups attached to an aromatic ring is 1. The van der Waals surface area contributed by atoms with Gasteiger partial charge in [-0.25, -0.2) is 19.2 Å². The minimum atomic E-state index is -0.539. The van der Waals surface area contributed by atoms with Crippen LogP contribution in [0, 0.1) is 12.7 Å². The van der Waals surface area contributed by atoms with Crippen molar-refractivity contribution >= 4 is 34.0 Å². The molecule has 3 aromatic rings. The number of fused-ring (bicyclic) bond motifs is 2. The molecule has 2 atom stereocenters. The summed E-state index contributed by atoms with van der Waals surface area (Å²) in [4.78, 5) is 21.1. The Hall–Kier alpha value is -3.66. The molecule has 2 amide bonds. The molecule has 0 radical (unpaired) electrons. The van der Waals surface area contributed by atoms with Gasteiger partial charge in [0.05, 0.1) is 11.8 Å². The van der Waals surface area contributed by atoms with Crippen molar-refractivity contribution in [1.29, 1.82) is 0 Å². The van der Waals surface area contributed by atoms with E-state index in [-0.39, 0.29) is 23.9 Å². The van der Waals surface area contributed by atoms with E-state index in [1.165, 1.54) is 6.20 Å². The molecule has 2 aromatic heterocycles. The number of carbonyl (C=O) groups excluding carboxylic acids is 1. The second kappa shape index (κ2) is 8.94. The molecule has 0 spiro atoms. The third-order valence-corrected chi connectivity index (χ3v) is 6.53. The van der Waals surface area contributed by atoms with Gasteiger partial charge in [0.15, 0.2) is 5.82 Å². The first-order valence-corrected chi connectivity index (χ1v) is 11.3. The molecule has 0 saturated heterocycles. The molecule has 1 unspecified atom stereocenters. The van der Waals surface area contributed by atoms with E-state index < -0.39 is 5.82 Å². The van der Waals surface area contributed by atoms with Crippen molar-refractivity contribution in [3.63, 3.8) is 0 Å². The summed E-state index contributed by atoms with van der Waals surface area (Å²) in [5.74, 6) is 0.310. The monoisotopic (exact) mass is 466 g/mol. The van der Waals surface area contributed by atoms with Gasteiger partial charge in [-0.15, -0.1) is 0 Å². The van der Waals surface area contributed by atoms with E-state index in [1.54, 1.807) is 25.4 Å². The second-order valence-electron chi connectivity index (χ2n) is 8.66. The van der Waals surface area contributed by atoms with Crippen LogP contribution in [0.25, 0.3) is 21.9 Å². The lowest BCUT2D eigenvalue weighted by atomic mass is 9.97. The van der Waals surface area contributed by atoms with Gasteiger partial charge in [0, 0.05) is 48.6 Å². The van der Waals surface area contributed by atoms with Crippen molar-refractivity contribution in [2.75, 3.05) is 36.6 Å². The number of ether oxygens (including phenoxy) is 2. The summed E-state index contributed by atoms with van der Waals surface area (Å²) >= 11 is 0. The fourth-order valence-corrected chi connectivity index (χ4v) is 4.68. The smallest absolute Gasteiger partial charge is 0.320 e. The summed E-state index contributed by atoms with van der Waals surface area (Å²) in [6, 6.07) is 3.10. The summed E-state index contributed by atoms with van der Waals surface area (Å²) < 4.78 is 26.2. The van der Waals surface area contributed by atoms with Crippen LogP contribution in [-0.4, -0.2) is 48.4 Å². The third-order valence-electron chi connectivity index (χ3n) is 6.53. The summed E-state index contributed by atoms with van der Waals surface area (Å²) in [5.41, 5.74) is 8.64. The van der Waals surface area contributed by atoms with E-state index in [0.29, 0.717) is 46.7 Å². The van der Waals surface area contributed by atoms with Gasteiger partial charge in [-0.05, 0) is 49.3 Å². The molecule has 5 N–H and O–H groups in total. The zero-order valence-corrected chi connectivity index (χ0v) is 19.1. The Morgan fingerprint density at radius 1 is 1.26 bits per heavy atom. The number of aromatic nitrogens is 2. The predicted molar refractivity (Wildman–Crippen MR) is 129 cm³/mol. The van der Waals surface area contributed by atoms with E-state index >= 15 is 4.39 Å². The molecule has 1 aromatic carbocycles. The number of methoxy groups -OCH3 is 1. The highest BCUT2D eigenvalue weighted by molar-refractivity contribution is 6.00. The van der Waals surface area contributed by atoms with Gasteiger partial charge in [-0.1, -0.05) is 0 Å². The number of hydrogen-bond acceptors (Lipinski definition) is 7. The first kappa shape index (κ1) is 22.1. The number of benzene rings is 1. The Balaban J connectivity index is 1.44. The highest BCUT2D eigenvalue weighted by atomic mass is 19.1. The van der Waals surface area contributed by atoms with Crippen molar-refractivity contribution in [3.8, 4) is 17.0 Å². The average Bonchev–Trinajstić information content (AvgIpc) is 3.29. The summed E-state index contributed by atoms with van der Waals surface area (Å²) in [7, 11) is 1.68. The number of hydrogen-bond donors (Lipinski definition) is 4. The average molecular weight is 467 g/mol. The number of amides is 2. The van der Waals surface area contributed by atoms with Crippen molar-refractivity contribution in [2.45, 2.75) is 38.3 Å². The van der Waals surface area contributed by atoms with E-state index in [2.05, 4.69) is 25.9 Å². The third kappa shape index (κ3) is 4.05. The molecule has 1 saturated carbocycles. The van der Waals surface area contributed by atoms with Gasteiger partial charge in [0.1, 0.15) is 18.1 Å². The number of urea groups is 1. The molecule has 5 rings (SSSR count). The SMILES string of the molecule is CO[C@@H]1CCC(NC(=O)Nc2cc3cc(-c4cnc5c(c4C)NCCO5)c(F)c(N)c3cn2)C1. The maximum Gasteiger partial charge on any atom is 0.320 e. The summed E-state index contributed by atoms with van der Waals surface area (Å²) in [6.45, 7) is 3.07. The first-order chi connectivity index (χ1) is 16.4. The Bertz CT molecular complexity index is 1270. The molecule has 1 fully saturated rings. The lowest BCUT2D eigenvalue weighted by Crippen LogP contribution is -2.36. The van der Waals surface area contributed by atoms with E-state index in [9.17, 15) is 4.79 Å². The molecule has 34 heavy (non-hydrogen) atoms. The van der Waals surface area contributed by atoms with Gasteiger partial charge in [0.2, 0.25) is 5.88 Å². The molecule has 1 aliphatic heterocycles. The van der Waals surface area contributed by atoms with Crippen molar-refractivity contribution in [1.82, 2.24) is 15.3 Å². The van der Waals surface area contributed by atoms with Gasteiger partial charge in [-0.2, -0.15) is 0 Å². The van der Waals surface area contributed by atoms with Crippen molar-refractivity contribution < 1.29 is 18.7 Å². The fourth-order valence-electron chi connectivity index (χ4n) is 4.68. The Morgan fingerprint density at radius 3 is 2.91 bits per heavy atom. The lowest BCUT2D eigenvalue weighted by molar-refractivity contribution is 0.107. The number of pyridine rings is 2. The molecule has 1 aliphatic carbocycles. The summed E-state index contributed by atoms with van der Waals surface area (Å²) in [6.07, 6.45) is 5.79. The molecular weight excluding hydrogens is 439 g/mol. The summed E-state index contributed by atoms with van der Waals surface area (Å²) in [5, 5.41) is 10.1. The van der Waals surface area contributed by atoms with Gasteiger partial charge in [-0.3, -0.25) is 5.32 Å². The number of halogens is 1. The van der Waals surface area contributed by atoms with E-state index in [0.717, 1.165) is 30.5 Å². The molecule has 10 heteroatoms. The number of carbonyl (C=O) groups is 1. The molecule has 3 heterocycles. The van der Waals surface area contributed by atoms with Crippen LogP contribution in [0.1, 0.15) is 24.8 Å². The molecule has 9 nitrogen and oxygen atoms in total. The van der Waals surface area contributed by atoms with Crippen LogP contribution >= 0.6 is 0 Å². The normalized spacial score (nSPS) is 19.3. The molecule has 2 aliphatic rings. The Kier molecular flexibility index (Phi) is 5.82. The topological polar surface area (TPSA) is 123 Å².